The Balaban J connectivity index is 2.37. The molecule has 0 atom stereocenters. The summed E-state index contributed by atoms with van der Waals surface area (Å²) >= 11 is 6.93. The molecular formula is C9H8Br2O2. The van der Waals surface area contributed by atoms with Gasteiger partial charge in [0.25, 0.3) is 0 Å². The Morgan fingerprint density at radius 1 is 1.08 bits per heavy atom. The van der Waals surface area contributed by atoms with Crippen LogP contribution in [-0.2, 0) is 9.47 Å². The van der Waals surface area contributed by atoms with Crippen molar-refractivity contribution >= 4 is 31.9 Å². The van der Waals surface area contributed by atoms with E-state index in [1.54, 1.807) is 0 Å². The Kier molecular flexibility index (Phi) is 3.03. The zero-order valence-corrected chi connectivity index (χ0v) is 9.97. The third-order valence-corrected chi connectivity index (χ3v) is 3.24. The van der Waals surface area contributed by atoms with Crippen molar-refractivity contribution in [2.45, 2.75) is 6.29 Å². The van der Waals surface area contributed by atoms with Crippen LogP contribution in [0.2, 0.25) is 0 Å². The van der Waals surface area contributed by atoms with E-state index < -0.39 is 0 Å². The van der Waals surface area contributed by atoms with E-state index in [0.717, 1.165) is 14.5 Å². The molecule has 1 aromatic rings. The second kappa shape index (κ2) is 4.09. The molecule has 0 amide bonds. The van der Waals surface area contributed by atoms with Gasteiger partial charge >= 0.3 is 0 Å². The summed E-state index contributed by atoms with van der Waals surface area (Å²) in [7, 11) is 0. The first-order chi connectivity index (χ1) is 6.29. The maximum atomic E-state index is 5.42. The Morgan fingerprint density at radius 3 is 2.15 bits per heavy atom. The van der Waals surface area contributed by atoms with Crippen molar-refractivity contribution in [3.63, 3.8) is 0 Å². The van der Waals surface area contributed by atoms with E-state index in [2.05, 4.69) is 31.9 Å². The first-order valence-electron chi connectivity index (χ1n) is 3.96. The van der Waals surface area contributed by atoms with E-state index in [-0.39, 0.29) is 6.29 Å². The van der Waals surface area contributed by atoms with Gasteiger partial charge in [0.15, 0.2) is 6.29 Å². The van der Waals surface area contributed by atoms with Crippen molar-refractivity contribution in [2.24, 2.45) is 0 Å². The van der Waals surface area contributed by atoms with Crippen LogP contribution >= 0.6 is 31.9 Å². The lowest BCUT2D eigenvalue weighted by molar-refractivity contribution is -0.0451. The molecule has 0 bridgehead atoms. The summed E-state index contributed by atoms with van der Waals surface area (Å²) in [5.41, 5.74) is 1.03. The van der Waals surface area contributed by atoms with Crippen LogP contribution in [0.1, 0.15) is 11.9 Å². The van der Waals surface area contributed by atoms with Gasteiger partial charge in [-0.05, 0) is 12.1 Å². The van der Waals surface area contributed by atoms with Crippen LogP contribution in [0.5, 0.6) is 0 Å². The van der Waals surface area contributed by atoms with E-state index in [1.807, 2.05) is 18.2 Å². The Morgan fingerprint density at radius 2 is 1.62 bits per heavy atom. The second-order valence-electron chi connectivity index (χ2n) is 2.71. The van der Waals surface area contributed by atoms with Crippen molar-refractivity contribution in [3.8, 4) is 0 Å². The van der Waals surface area contributed by atoms with Crippen LogP contribution in [0.25, 0.3) is 0 Å². The van der Waals surface area contributed by atoms with Gasteiger partial charge < -0.3 is 9.47 Å². The molecule has 2 rings (SSSR count). The zero-order chi connectivity index (χ0) is 9.26. The number of ether oxygens (including phenoxy) is 2. The highest BCUT2D eigenvalue weighted by Crippen LogP contribution is 2.35. The van der Waals surface area contributed by atoms with Gasteiger partial charge in [0, 0.05) is 14.5 Å². The molecule has 1 aromatic carbocycles. The molecule has 1 heterocycles. The highest BCUT2D eigenvalue weighted by molar-refractivity contribution is 9.11. The molecule has 0 aliphatic carbocycles. The lowest BCUT2D eigenvalue weighted by Gasteiger charge is -2.12. The third kappa shape index (κ3) is 1.96. The average Bonchev–Trinajstić information content (AvgIpc) is 2.57. The minimum Gasteiger partial charge on any atom is -0.346 e. The van der Waals surface area contributed by atoms with E-state index in [0.29, 0.717) is 13.2 Å². The normalized spacial score (nSPS) is 18.0. The zero-order valence-electron chi connectivity index (χ0n) is 6.80. The number of hydrogen-bond donors (Lipinski definition) is 0. The highest BCUT2D eigenvalue weighted by atomic mass is 79.9. The molecule has 2 nitrogen and oxygen atoms in total. The van der Waals surface area contributed by atoms with E-state index in [4.69, 9.17) is 9.47 Å². The fourth-order valence-electron chi connectivity index (χ4n) is 1.26. The molecule has 1 fully saturated rings. The Hall–Kier alpha value is 0.1000. The van der Waals surface area contributed by atoms with Crippen LogP contribution in [-0.4, -0.2) is 13.2 Å². The lowest BCUT2D eigenvalue weighted by atomic mass is 10.2. The summed E-state index contributed by atoms with van der Waals surface area (Å²) in [6, 6.07) is 5.92. The molecule has 0 radical (unpaired) electrons. The number of hydrogen-bond acceptors (Lipinski definition) is 2. The smallest absolute Gasteiger partial charge is 0.186 e. The lowest BCUT2D eigenvalue weighted by Crippen LogP contribution is -2.00. The molecule has 0 spiro atoms. The second-order valence-corrected chi connectivity index (χ2v) is 4.42. The molecule has 1 aliphatic rings. The third-order valence-electron chi connectivity index (χ3n) is 1.86. The summed E-state index contributed by atoms with van der Waals surface area (Å²) in [4.78, 5) is 0. The van der Waals surface area contributed by atoms with Crippen LogP contribution in [0.3, 0.4) is 0 Å². The first-order valence-corrected chi connectivity index (χ1v) is 5.55. The van der Waals surface area contributed by atoms with Gasteiger partial charge in [-0.25, -0.2) is 0 Å². The van der Waals surface area contributed by atoms with Crippen molar-refractivity contribution < 1.29 is 9.47 Å². The van der Waals surface area contributed by atoms with E-state index in [1.165, 1.54) is 0 Å². The van der Waals surface area contributed by atoms with Gasteiger partial charge in [-0.1, -0.05) is 37.9 Å². The molecule has 0 aromatic heterocycles. The summed E-state index contributed by atoms with van der Waals surface area (Å²) in [5, 5.41) is 0. The van der Waals surface area contributed by atoms with E-state index in [9.17, 15) is 0 Å². The minimum atomic E-state index is -0.232. The number of halogens is 2. The summed E-state index contributed by atoms with van der Waals surface area (Å²) in [6.45, 7) is 1.33. The van der Waals surface area contributed by atoms with Gasteiger partial charge in [-0.3, -0.25) is 0 Å². The van der Waals surface area contributed by atoms with Gasteiger partial charge in [0.2, 0.25) is 0 Å². The SMILES string of the molecule is Brc1cccc(Br)c1C1OCCO1. The maximum Gasteiger partial charge on any atom is 0.186 e. The topological polar surface area (TPSA) is 18.5 Å². The summed E-state index contributed by atoms with van der Waals surface area (Å²) in [6.07, 6.45) is -0.232. The fraction of sp³-hybridized carbons (Fsp3) is 0.333. The predicted molar refractivity (Wildman–Crippen MR) is 56.5 cm³/mol. The molecule has 1 aliphatic heterocycles. The predicted octanol–water partition coefficient (Wildman–Crippen LogP) is 3.26. The van der Waals surface area contributed by atoms with E-state index >= 15 is 0 Å². The van der Waals surface area contributed by atoms with Crippen molar-refractivity contribution in [2.75, 3.05) is 13.2 Å². The maximum absolute atomic E-state index is 5.42. The first kappa shape index (κ1) is 9.65. The summed E-state index contributed by atoms with van der Waals surface area (Å²) < 4.78 is 12.9. The van der Waals surface area contributed by atoms with Crippen LogP contribution < -0.4 is 0 Å². The highest BCUT2D eigenvalue weighted by Gasteiger charge is 2.22. The monoisotopic (exact) mass is 306 g/mol. The summed E-state index contributed by atoms with van der Waals surface area (Å²) in [5.74, 6) is 0. The molecule has 13 heavy (non-hydrogen) atoms. The largest absolute Gasteiger partial charge is 0.346 e. The number of rotatable bonds is 1. The molecule has 0 saturated carbocycles. The Labute approximate surface area is 93.5 Å². The standard InChI is InChI=1S/C9H8Br2O2/c10-6-2-1-3-7(11)8(6)9-12-4-5-13-9/h1-3,9H,4-5H2. The average molecular weight is 308 g/mol. The van der Waals surface area contributed by atoms with Crippen LogP contribution in [0, 0.1) is 0 Å². The van der Waals surface area contributed by atoms with Gasteiger partial charge in [-0.15, -0.1) is 0 Å². The van der Waals surface area contributed by atoms with Crippen LogP contribution in [0.15, 0.2) is 27.1 Å². The van der Waals surface area contributed by atoms with Crippen molar-refractivity contribution in [1.82, 2.24) is 0 Å². The van der Waals surface area contributed by atoms with Gasteiger partial charge in [0.1, 0.15) is 0 Å². The molecule has 70 valence electrons. The quantitative estimate of drug-likeness (QED) is 0.793. The molecule has 0 N–H and O–H groups in total. The Bertz CT molecular complexity index is 288. The molecule has 1 saturated heterocycles. The molecular weight excluding hydrogens is 300 g/mol. The molecule has 0 unspecified atom stereocenters. The number of benzene rings is 1. The fourth-order valence-corrected chi connectivity index (χ4v) is 2.63. The molecule has 4 heteroatoms. The minimum absolute atomic E-state index is 0.232. The van der Waals surface area contributed by atoms with Gasteiger partial charge in [0.05, 0.1) is 13.2 Å². The van der Waals surface area contributed by atoms with Crippen molar-refractivity contribution in [1.29, 1.82) is 0 Å². The van der Waals surface area contributed by atoms with Crippen molar-refractivity contribution in [3.05, 3.63) is 32.7 Å². The van der Waals surface area contributed by atoms with Crippen LogP contribution in [0.4, 0.5) is 0 Å². The van der Waals surface area contributed by atoms with Gasteiger partial charge in [-0.2, -0.15) is 0 Å².